The van der Waals surface area contributed by atoms with Crippen LogP contribution in [0.1, 0.15) is 18.9 Å². The Morgan fingerprint density at radius 2 is 1.94 bits per heavy atom. The highest BCUT2D eigenvalue weighted by Crippen LogP contribution is 2.32. The standard InChI is InChI=1S/C13H13NO3/c1-8(15)10-7-11(13(14)16)17-12(10)9-5-3-2-4-6-9/h2-6,11H,7H2,1H3,(H2,14,16). The summed E-state index contributed by atoms with van der Waals surface area (Å²) < 4.78 is 5.47. The molecule has 4 heteroatoms. The normalized spacial score (nSPS) is 19.0. The fourth-order valence-corrected chi connectivity index (χ4v) is 1.83. The lowest BCUT2D eigenvalue weighted by molar-refractivity contribution is -0.124. The molecule has 1 unspecified atom stereocenters. The number of nitrogens with two attached hydrogens (primary N) is 1. The zero-order valence-electron chi connectivity index (χ0n) is 9.47. The number of ketones is 1. The number of benzene rings is 1. The predicted octanol–water partition coefficient (Wildman–Crippen LogP) is 1.26. The summed E-state index contributed by atoms with van der Waals surface area (Å²) in [5.74, 6) is -0.163. The van der Waals surface area contributed by atoms with Gasteiger partial charge in [0, 0.05) is 17.6 Å². The van der Waals surface area contributed by atoms with Crippen molar-refractivity contribution in [3.05, 3.63) is 41.5 Å². The molecule has 4 nitrogen and oxygen atoms in total. The van der Waals surface area contributed by atoms with Gasteiger partial charge in [-0.25, -0.2) is 0 Å². The summed E-state index contributed by atoms with van der Waals surface area (Å²) in [6, 6.07) is 9.24. The van der Waals surface area contributed by atoms with Gasteiger partial charge in [0.05, 0.1) is 0 Å². The van der Waals surface area contributed by atoms with E-state index in [0.29, 0.717) is 11.3 Å². The minimum Gasteiger partial charge on any atom is -0.479 e. The van der Waals surface area contributed by atoms with E-state index in [2.05, 4.69) is 0 Å². The topological polar surface area (TPSA) is 69.4 Å². The molecule has 0 aliphatic carbocycles. The summed E-state index contributed by atoms with van der Waals surface area (Å²) in [7, 11) is 0. The number of carbonyl (C=O) groups is 2. The predicted molar refractivity (Wildman–Crippen MR) is 62.7 cm³/mol. The van der Waals surface area contributed by atoms with Crippen LogP contribution in [0.2, 0.25) is 0 Å². The highest BCUT2D eigenvalue weighted by molar-refractivity contribution is 6.02. The minimum atomic E-state index is -0.732. The lowest BCUT2D eigenvalue weighted by Crippen LogP contribution is -2.28. The van der Waals surface area contributed by atoms with E-state index in [-0.39, 0.29) is 12.2 Å². The van der Waals surface area contributed by atoms with Crippen LogP contribution in [0, 0.1) is 0 Å². The third-order valence-electron chi connectivity index (χ3n) is 2.70. The lowest BCUT2D eigenvalue weighted by Gasteiger charge is -2.09. The molecule has 0 aromatic heterocycles. The molecular formula is C13H13NO3. The maximum Gasteiger partial charge on any atom is 0.258 e. The van der Waals surface area contributed by atoms with Crippen molar-refractivity contribution in [2.24, 2.45) is 5.73 Å². The van der Waals surface area contributed by atoms with E-state index < -0.39 is 12.0 Å². The van der Waals surface area contributed by atoms with Gasteiger partial charge in [0.1, 0.15) is 5.76 Å². The van der Waals surface area contributed by atoms with Crippen molar-refractivity contribution >= 4 is 17.4 Å². The quantitative estimate of drug-likeness (QED) is 0.851. The molecule has 1 aliphatic rings. The third-order valence-corrected chi connectivity index (χ3v) is 2.70. The van der Waals surface area contributed by atoms with Crippen LogP contribution in [0.5, 0.6) is 0 Å². The van der Waals surface area contributed by atoms with Crippen LogP contribution in [-0.4, -0.2) is 17.8 Å². The second-order valence-electron chi connectivity index (χ2n) is 3.94. The number of ether oxygens (including phenoxy) is 1. The number of hydrogen-bond donors (Lipinski definition) is 1. The zero-order chi connectivity index (χ0) is 12.4. The van der Waals surface area contributed by atoms with Crippen molar-refractivity contribution in [2.75, 3.05) is 0 Å². The Kier molecular flexibility index (Phi) is 2.95. The molecule has 1 aliphatic heterocycles. The molecule has 1 atom stereocenters. The third kappa shape index (κ3) is 2.20. The van der Waals surface area contributed by atoms with Gasteiger partial charge in [-0.15, -0.1) is 0 Å². The van der Waals surface area contributed by atoms with E-state index in [4.69, 9.17) is 10.5 Å². The van der Waals surface area contributed by atoms with Crippen LogP contribution in [0.15, 0.2) is 35.9 Å². The first kappa shape index (κ1) is 11.4. The average molecular weight is 231 g/mol. The molecule has 1 aromatic carbocycles. The Hall–Kier alpha value is -2.10. The summed E-state index contributed by atoms with van der Waals surface area (Å²) >= 11 is 0. The molecule has 1 aromatic rings. The molecule has 2 rings (SSSR count). The number of amides is 1. The monoisotopic (exact) mass is 231 g/mol. The Balaban J connectivity index is 2.38. The highest BCUT2D eigenvalue weighted by atomic mass is 16.5. The average Bonchev–Trinajstić information content (AvgIpc) is 2.75. The first-order valence-corrected chi connectivity index (χ1v) is 5.35. The Morgan fingerprint density at radius 3 is 2.47 bits per heavy atom. The maximum atomic E-state index is 11.5. The van der Waals surface area contributed by atoms with Crippen LogP contribution in [0.4, 0.5) is 0 Å². The van der Waals surface area contributed by atoms with E-state index in [9.17, 15) is 9.59 Å². The van der Waals surface area contributed by atoms with Gasteiger partial charge in [-0.1, -0.05) is 30.3 Å². The van der Waals surface area contributed by atoms with Crippen LogP contribution in [0.25, 0.3) is 5.76 Å². The van der Waals surface area contributed by atoms with Gasteiger partial charge in [0.2, 0.25) is 0 Å². The number of hydrogen-bond acceptors (Lipinski definition) is 3. The molecular weight excluding hydrogens is 218 g/mol. The summed E-state index contributed by atoms with van der Waals surface area (Å²) in [5, 5.41) is 0. The van der Waals surface area contributed by atoms with Crippen molar-refractivity contribution in [1.29, 1.82) is 0 Å². The van der Waals surface area contributed by atoms with E-state index in [1.54, 1.807) is 0 Å². The van der Waals surface area contributed by atoms with Crippen molar-refractivity contribution < 1.29 is 14.3 Å². The second kappa shape index (κ2) is 4.41. The molecule has 1 heterocycles. The number of carbonyl (C=O) groups excluding carboxylic acids is 2. The van der Waals surface area contributed by atoms with Gasteiger partial charge < -0.3 is 10.5 Å². The van der Waals surface area contributed by atoms with Gasteiger partial charge in [-0.3, -0.25) is 9.59 Å². The smallest absolute Gasteiger partial charge is 0.258 e. The minimum absolute atomic E-state index is 0.0902. The van der Waals surface area contributed by atoms with E-state index in [1.807, 2.05) is 30.3 Å². The van der Waals surface area contributed by atoms with Gasteiger partial charge in [-0.2, -0.15) is 0 Å². The van der Waals surface area contributed by atoms with Gasteiger partial charge in [0.15, 0.2) is 11.9 Å². The summed E-state index contributed by atoms with van der Waals surface area (Å²) in [6.45, 7) is 1.46. The SMILES string of the molecule is CC(=O)C1=C(c2ccccc2)OC(C(N)=O)C1. The number of Topliss-reactive ketones (excluding diaryl/α,β-unsaturated/α-hetero) is 1. The molecule has 2 N–H and O–H groups in total. The van der Waals surface area contributed by atoms with Crippen LogP contribution in [-0.2, 0) is 14.3 Å². The van der Waals surface area contributed by atoms with Crippen molar-refractivity contribution in [1.82, 2.24) is 0 Å². The molecule has 0 spiro atoms. The molecule has 0 radical (unpaired) electrons. The first-order valence-electron chi connectivity index (χ1n) is 5.35. The fraction of sp³-hybridized carbons (Fsp3) is 0.231. The maximum absolute atomic E-state index is 11.5. The Morgan fingerprint density at radius 1 is 1.29 bits per heavy atom. The molecule has 17 heavy (non-hydrogen) atoms. The highest BCUT2D eigenvalue weighted by Gasteiger charge is 2.32. The molecule has 0 saturated carbocycles. The summed E-state index contributed by atoms with van der Waals surface area (Å²) in [5.41, 5.74) is 6.52. The Labute approximate surface area is 99.1 Å². The second-order valence-corrected chi connectivity index (χ2v) is 3.94. The van der Waals surface area contributed by atoms with Crippen molar-refractivity contribution in [2.45, 2.75) is 19.4 Å². The largest absolute Gasteiger partial charge is 0.479 e. The van der Waals surface area contributed by atoms with Crippen LogP contribution < -0.4 is 5.73 Å². The number of primary amides is 1. The van der Waals surface area contributed by atoms with Crippen molar-refractivity contribution in [3.8, 4) is 0 Å². The van der Waals surface area contributed by atoms with Crippen LogP contribution in [0.3, 0.4) is 0 Å². The summed E-state index contributed by atoms with van der Waals surface area (Å²) in [4.78, 5) is 22.6. The lowest BCUT2D eigenvalue weighted by atomic mass is 10.0. The summed E-state index contributed by atoms with van der Waals surface area (Å²) in [6.07, 6.45) is -0.473. The fourth-order valence-electron chi connectivity index (χ4n) is 1.83. The van der Waals surface area contributed by atoms with Crippen molar-refractivity contribution in [3.63, 3.8) is 0 Å². The van der Waals surface area contributed by atoms with Crippen LogP contribution >= 0.6 is 0 Å². The molecule has 0 fully saturated rings. The van der Waals surface area contributed by atoms with Gasteiger partial charge in [0.25, 0.3) is 5.91 Å². The van der Waals surface area contributed by atoms with Gasteiger partial charge in [-0.05, 0) is 6.92 Å². The molecule has 88 valence electrons. The zero-order valence-corrected chi connectivity index (χ0v) is 9.47. The Bertz CT molecular complexity index is 491. The van der Waals surface area contributed by atoms with E-state index in [0.717, 1.165) is 5.56 Å². The van der Waals surface area contributed by atoms with Gasteiger partial charge >= 0.3 is 0 Å². The van der Waals surface area contributed by atoms with E-state index in [1.165, 1.54) is 6.92 Å². The molecule has 0 bridgehead atoms. The first-order chi connectivity index (χ1) is 8.09. The molecule has 0 saturated heterocycles. The van der Waals surface area contributed by atoms with E-state index >= 15 is 0 Å². The number of rotatable bonds is 3. The molecule has 1 amide bonds.